The quantitative estimate of drug-likeness (QED) is 0.614. The van der Waals surface area contributed by atoms with Gasteiger partial charge >= 0.3 is 0 Å². The van der Waals surface area contributed by atoms with Crippen LogP contribution in [0.4, 0.5) is 0 Å². The third kappa shape index (κ3) is 5.79. The van der Waals surface area contributed by atoms with Crippen molar-refractivity contribution in [1.29, 1.82) is 0 Å². The molecule has 6 heteroatoms. The van der Waals surface area contributed by atoms with Gasteiger partial charge in [0, 0.05) is 20.2 Å². The molecule has 0 aromatic carbocycles. The normalized spacial score (nSPS) is 15.1. The average Bonchev–Trinajstić information content (AvgIpc) is 2.10. The summed E-state index contributed by atoms with van der Waals surface area (Å²) in [5.41, 5.74) is 0. The average molecular weight is 253 g/mol. The summed E-state index contributed by atoms with van der Waals surface area (Å²) in [7, 11) is -1.68. The number of rotatable bonds is 7. The van der Waals surface area contributed by atoms with Gasteiger partial charge < -0.3 is 15.2 Å². The van der Waals surface area contributed by atoms with Crippen LogP contribution in [0.15, 0.2) is 0 Å². The van der Waals surface area contributed by atoms with Crippen LogP contribution < -0.4 is 5.32 Å². The molecule has 0 aromatic heterocycles. The molecule has 0 heterocycles. The van der Waals surface area contributed by atoms with Gasteiger partial charge in [-0.3, -0.25) is 0 Å². The highest BCUT2D eigenvalue weighted by Crippen LogP contribution is 2.16. The van der Waals surface area contributed by atoms with E-state index in [-0.39, 0.29) is 12.3 Å². The molecule has 1 unspecified atom stereocenters. The molecule has 0 fully saturated rings. The van der Waals surface area contributed by atoms with E-state index in [0.717, 1.165) is 0 Å². The van der Waals surface area contributed by atoms with Crippen LogP contribution in [0, 0.1) is 0 Å². The Hall–Kier alpha value is -0.170. The Morgan fingerprint density at radius 3 is 2.38 bits per heavy atom. The highest BCUT2D eigenvalue weighted by atomic mass is 32.2. The van der Waals surface area contributed by atoms with Crippen molar-refractivity contribution in [2.75, 3.05) is 32.6 Å². The van der Waals surface area contributed by atoms with Gasteiger partial charge in [0.2, 0.25) is 0 Å². The van der Waals surface area contributed by atoms with Gasteiger partial charge in [-0.25, -0.2) is 8.42 Å². The summed E-state index contributed by atoms with van der Waals surface area (Å²) in [6.07, 6.45) is -0.874. The van der Waals surface area contributed by atoms with Crippen molar-refractivity contribution in [3.8, 4) is 0 Å². The van der Waals surface area contributed by atoms with E-state index in [1.54, 1.807) is 27.9 Å². The van der Waals surface area contributed by atoms with Crippen LogP contribution in [0.2, 0.25) is 0 Å². The third-order valence-corrected chi connectivity index (χ3v) is 4.90. The van der Waals surface area contributed by atoms with Gasteiger partial charge in [-0.1, -0.05) is 0 Å². The maximum Gasteiger partial charge on any atom is 0.157 e. The van der Waals surface area contributed by atoms with Crippen LogP contribution in [0.5, 0.6) is 0 Å². The molecule has 0 spiro atoms. The van der Waals surface area contributed by atoms with E-state index in [9.17, 15) is 13.5 Å². The fourth-order valence-corrected chi connectivity index (χ4v) is 2.13. The van der Waals surface area contributed by atoms with Gasteiger partial charge in [0.1, 0.15) is 0 Å². The second-order valence-corrected chi connectivity index (χ2v) is 7.53. The number of ether oxygens (including phenoxy) is 1. The second kappa shape index (κ2) is 6.54. The molecule has 0 saturated carbocycles. The van der Waals surface area contributed by atoms with E-state index in [4.69, 9.17) is 4.74 Å². The summed E-state index contributed by atoms with van der Waals surface area (Å²) < 4.78 is 27.5. The fourth-order valence-electron chi connectivity index (χ4n) is 1.01. The summed E-state index contributed by atoms with van der Waals surface area (Å²) in [5, 5.41) is 12.5. The minimum absolute atomic E-state index is 0.212. The van der Waals surface area contributed by atoms with Gasteiger partial charge in [-0.2, -0.15) is 0 Å². The lowest BCUT2D eigenvalue weighted by Gasteiger charge is -2.21. The largest absolute Gasteiger partial charge is 0.391 e. The van der Waals surface area contributed by atoms with Crippen LogP contribution >= 0.6 is 0 Å². The van der Waals surface area contributed by atoms with E-state index in [1.807, 2.05) is 0 Å². The Kier molecular flexibility index (Phi) is 6.47. The molecule has 0 rings (SSSR count). The van der Waals surface area contributed by atoms with Gasteiger partial charge in [0.25, 0.3) is 0 Å². The first-order valence-corrected chi connectivity index (χ1v) is 6.96. The molecule has 0 aliphatic rings. The van der Waals surface area contributed by atoms with E-state index in [0.29, 0.717) is 13.2 Å². The van der Waals surface area contributed by atoms with Crippen molar-refractivity contribution in [3.63, 3.8) is 0 Å². The number of hydrogen-bond donors (Lipinski definition) is 2. The zero-order chi connectivity index (χ0) is 12.8. The molecule has 0 bridgehead atoms. The van der Waals surface area contributed by atoms with Crippen LogP contribution in [0.25, 0.3) is 0 Å². The number of methoxy groups -OCH3 is 1. The van der Waals surface area contributed by atoms with Crippen molar-refractivity contribution in [2.45, 2.75) is 31.6 Å². The molecular formula is C10H23NO4S. The lowest BCUT2D eigenvalue weighted by atomic mass is 10.3. The maximum absolute atomic E-state index is 11.7. The Bertz CT molecular complexity index is 282. The first-order valence-electron chi connectivity index (χ1n) is 5.30. The molecule has 16 heavy (non-hydrogen) atoms. The van der Waals surface area contributed by atoms with Gasteiger partial charge in [-0.15, -0.1) is 0 Å². The molecule has 5 nitrogen and oxygen atoms in total. The lowest BCUT2D eigenvalue weighted by molar-refractivity contribution is 0.173. The Morgan fingerprint density at radius 1 is 1.38 bits per heavy atom. The standard InChI is InChI=1S/C10H23NO4S/c1-10(2,3)16(13,14)8-9(12)7-11-5-6-15-4/h9,11-12H,5-8H2,1-4H3. The Balaban J connectivity index is 4.01. The predicted octanol–water partition coefficient (Wildman–Crippen LogP) is -0.203. The summed E-state index contributed by atoms with van der Waals surface area (Å²) in [5.74, 6) is -0.212. The molecule has 2 N–H and O–H groups in total. The zero-order valence-corrected chi connectivity index (χ0v) is 11.3. The molecule has 0 radical (unpaired) electrons. The van der Waals surface area contributed by atoms with E-state index in [1.165, 1.54) is 0 Å². The van der Waals surface area contributed by atoms with Crippen LogP contribution in [-0.2, 0) is 14.6 Å². The Labute approximate surface area is 98.1 Å². The monoisotopic (exact) mass is 253 g/mol. The topological polar surface area (TPSA) is 75.6 Å². The lowest BCUT2D eigenvalue weighted by Crippen LogP contribution is -2.39. The molecule has 1 atom stereocenters. The molecule has 0 aliphatic carbocycles. The summed E-state index contributed by atoms with van der Waals surface area (Å²) in [6.45, 7) is 6.30. The SMILES string of the molecule is COCCNCC(O)CS(=O)(=O)C(C)(C)C. The fraction of sp³-hybridized carbons (Fsp3) is 1.00. The second-order valence-electron chi connectivity index (χ2n) is 4.74. The maximum atomic E-state index is 11.7. The number of sulfone groups is 1. The van der Waals surface area contributed by atoms with Crippen molar-refractivity contribution < 1.29 is 18.3 Å². The van der Waals surface area contributed by atoms with Crippen molar-refractivity contribution in [1.82, 2.24) is 5.32 Å². The molecular weight excluding hydrogens is 230 g/mol. The van der Waals surface area contributed by atoms with Crippen LogP contribution in [-0.4, -0.2) is 56.9 Å². The molecule has 0 aromatic rings. The predicted molar refractivity (Wildman–Crippen MR) is 64.3 cm³/mol. The molecule has 0 amide bonds. The molecule has 0 aliphatic heterocycles. The number of nitrogens with one attached hydrogen (secondary N) is 1. The first kappa shape index (κ1) is 15.8. The van der Waals surface area contributed by atoms with E-state index < -0.39 is 20.7 Å². The molecule has 0 saturated heterocycles. The summed E-state index contributed by atoms with van der Waals surface area (Å²) in [6, 6.07) is 0. The van der Waals surface area contributed by atoms with Gasteiger partial charge in [-0.05, 0) is 20.8 Å². The number of hydrogen-bond acceptors (Lipinski definition) is 5. The van der Waals surface area contributed by atoms with Gasteiger partial charge in [0.15, 0.2) is 9.84 Å². The third-order valence-electron chi connectivity index (χ3n) is 2.21. The highest BCUT2D eigenvalue weighted by Gasteiger charge is 2.30. The highest BCUT2D eigenvalue weighted by molar-refractivity contribution is 7.92. The summed E-state index contributed by atoms with van der Waals surface area (Å²) >= 11 is 0. The zero-order valence-electron chi connectivity index (χ0n) is 10.5. The van der Waals surface area contributed by atoms with Crippen molar-refractivity contribution in [2.24, 2.45) is 0 Å². The molecule has 98 valence electrons. The van der Waals surface area contributed by atoms with Crippen LogP contribution in [0.1, 0.15) is 20.8 Å². The van der Waals surface area contributed by atoms with Crippen molar-refractivity contribution in [3.05, 3.63) is 0 Å². The first-order chi connectivity index (χ1) is 7.20. The smallest absolute Gasteiger partial charge is 0.157 e. The minimum Gasteiger partial charge on any atom is -0.391 e. The van der Waals surface area contributed by atoms with E-state index >= 15 is 0 Å². The van der Waals surface area contributed by atoms with Crippen molar-refractivity contribution >= 4 is 9.84 Å². The number of aliphatic hydroxyl groups is 1. The number of aliphatic hydroxyl groups excluding tert-OH is 1. The van der Waals surface area contributed by atoms with E-state index in [2.05, 4.69) is 5.32 Å². The Morgan fingerprint density at radius 2 is 1.94 bits per heavy atom. The summed E-state index contributed by atoms with van der Waals surface area (Å²) in [4.78, 5) is 0. The minimum atomic E-state index is -3.26. The van der Waals surface area contributed by atoms with Gasteiger partial charge in [0.05, 0.1) is 23.2 Å². The van der Waals surface area contributed by atoms with Crippen LogP contribution in [0.3, 0.4) is 0 Å².